The van der Waals surface area contributed by atoms with Crippen LogP contribution in [0.3, 0.4) is 0 Å². The van der Waals surface area contributed by atoms with Gasteiger partial charge in [-0.25, -0.2) is 9.97 Å². The Bertz CT molecular complexity index is 872. The van der Waals surface area contributed by atoms with Gasteiger partial charge in [0.25, 0.3) is 0 Å². The molecule has 5 nitrogen and oxygen atoms in total. The number of ether oxygens (including phenoxy) is 1. The molecule has 1 aliphatic heterocycles. The summed E-state index contributed by atoms with van der Waals surface area (Å²) in [5.74, 6) is 0.942. The van der Waals surface area contributed by atoms with Crippen LogP contribution in [0.15, 0.2) is 36.0 Å². The molecule has 1 fully saturated rings. The zero-order valence-corrected chi connectivity index (χ0v) is 16.6. The van der Waals surface area contributed by atoms with Crippen LogP contribution in [0.25, 0.3) is 21.3 Å². The Balaban J connectivity index is 1.48. The summed E-state index contributed by atoms with van der Waals surface area (Å²) in [6, 6.07) is 8.82. The second-order valence-electron chi connectivity index (χ2n) is 6.84. The summed E-state index contributed by atoms with van der Waals surface area (Å²) in [5.41, 5.74) is 3.80. The highest BCUT2D eigenvalue weighted by atomic mass is 32.1. The number of rotatable bonds is 7. The molecule has 2 aromatic heterocycles. The lowest BCUT2D eigenvalue weighted by Gasteiger charge is -2.26. The van der Waals surface area contributed by atoms with Gasteiger partial charge in [0.2, 0.25) is 0 Å². The summed E-state index contributed by atoms with van der Waals surface area (Å²) in [7, 11) is 0. The van der Waals surface area contributed by atoms with E-state index < -0.39 is 0 Å². The quantitative estimate of drug-likeness (QED) is 0.625. The number of fused-ring (bicyclic) bond motifs is 1. The summed E-state index contributed by atoms with van der Waals surface area (Å²) < 4.78 is 5.41. The predicted molar refractivity (Wildman–Crippen MR) is 113 cm³/mol. The maximum atomic E-state index is 5.41. The van der Waals surface area contributed by atoms with Gasteiger partial charge < -0.3 is 10.1 Å². The summed E-state index contributed by atoms with van der Waals surface area (Å²) in [6.45, 7) is 7.99. The van der Waals surface area contributed by atoms with Gasteiger partial charge in [-0.1, -0.05) is 31.2 Å². The van der Waals surface area contributed by atoms with E-state index in [9.17, 15) is 0 Å². The SMILES string of the molecule is CCc1ccc(-c2csc3ncnc(NCCCN4CCOCC4)c23)cc1. The molecule has 3 heterocycles. The Morgan fingerprint density at radius 3 is 2.74 bits per heavy atom. The molecule has 1 aromatic carbocycles. The van der Waals surface area contributed by atoms with Crippen LogP contribution in [0.2, 0.25) is 0 Å². The molecule has 6 heteroatoms. The average molecular weight is 383 g/mol. The maximum Gasteiger partial charge on any atom is 0.138 e. The van der Waals surface area contributed by atoms with Crippen molar-refractivity contribution >= 4 is 27.4 Å². The normalized spacial score (nSPS) is 15.3. The monoisotopic (exact) mass is 382 g/mol. The molecule has 142 valence electrons. The highest BCUT2D eigenvalue weighted by molar-refractivity contribution is 7.17. The van der Waals surface area contributed by atoms with Gasteiger partial charge in [0, 0.05) is 30.6 Å². The first kappa shape index (κ1) is 18.3. The number of hydrogen-bond acceptors (Lipinski definition) is 6. The minimum atomic E-state index is 0.856. The van der Waals surface area contributed by atoms with E-state index in [0.717, 1.165) is 68.3 Å². The number of benzene rings is 1. The van der Waals surface area contributed by atoms with Crippen molar-refractivity contribution in [2.75, 3.05) is 44.7 Å². The largest absolute Gasteiger partial charge is 0.379 e. The van der Waals surface area contributed by atoms with Gasteiger partial charge in [0.1, 0.15) is 17.0 Å². The maximum absolute atomic E-state index is 5.41. The standard InChI is InChI=1S/C21H26N4OS/c1-2-16-4-6-17(7-5-16)18-14-27-21-19(18)20(23-15-24-21)22-8-3-9-25-10-12-26-13-11-25/h4-7,14-15H,2-3,8-13H2,1H3,(H,22,23,24). The fraction of sp³-hybridized carbons (Fsp3) is 0.429. The Morgan fingerprint density at radius 2 is 1.96 bits per heavy atom. The summed E-state index contributed by atoms with van der Waals surface area (Å²) >= 11 is 1.68. The molecule has 0 atom stereocenters. The molecule has 1 saturated heterocycles. The van der Waals surface area contributed by atoms with Gasteiger partial charge in [0.05, 0.1) is 18.6 Å². The van der Waals surface area contributed by atoms with Crippen LogP contribution in [-0.2, 0) is 11.2 Å². The van der Waals surface area contributed by atoms with Crippen molar-refractivity contribution in [3.63, 3.8) is 0 Å². The zero-order chi connectivity index (χ0) is 18.5. The minimum absolute atomic E-state index is 0.856. The van der Waals surface area contributed by atoms with Gasteiger partial charge in [-0.2, -0.15) is 0 Å². The van der Waals surface area contributed by atoms with Crippen molar-refractivity contribution in [1.82, 2.24) is 14.9 Å². The van der Waals surface area contributed by atoms with Crippen molar-refractivity contribution < 1.29 is 4.74 Å². The number of aryl methyl sites for hydroxylation is 1. The fourth-order valence-corrected chi connectivity index (χ4v) is 4.39. The number of anilines is 1. The third-order valence-corrected chi connectivity index (χ3v) is 5.98. The van der Waals surface area contributed by atoms with E-state index in [4.69, 9.17) is 4.74 Å². The average Bonchev–Trinajstić information content (AvgIpc) is 3.17. The van der Waals surface area contributed by atoms with E-state index in [1.807, 2.05) is 0 Å². The summed E-state index contributed by atoms with van der Waals surface area (Å²) in [5, 5.41) is 6.87. The van der Waals surface area contributed by atoms with E-state index in [-0.39, 0.29) is 0 Å². The van der Waals surface area contributed by atoms with Crippen LogP contribution >= 0.6 is 11.3 Å². The molecule has 0 saturated carbocycles. The Morgan fingerprint density at radius 1 is 1.15 bits per heavy atom. The van der Waals surface area contributed by atoms with E-state index in [1.165, 1.54) is 16.7 Å². The van der Waals surface area contributed by atoms with Crippen LogP contribution in [0.4, 0.5) is 5.82 Å². The van der Waals surface area contributed by atoms with E-state index >= 15 is 0 Å². The molecular weight excluding hydrogens is 356 g/mol. The number of thiophene rings is 1. The molecule has 0 amide bonds. The van der Waals surface area contributed by atoms with Crippen LogP contribution in [0, 0.1) is 0 Å². The lowest BCUT2D eigenvalue weighted by Crippen LogP contribution is -2.37. The van der Waals surface area contributed by atoms with Gasteiger partial charge in [-0.15, -0.1) is 11.3 Å². The first-order chi connectivity index (χ1) is 13.3. The lowest BCUT2D eigenvalue weighted by molar-refractivity contribution is 0.0378. The number of nitrogens with one attached hydrogen (secondary N) is 1. The van der Waals surface area contributed by atoms with Crippen LogP contribution in [0.5, 0.6) is 0 Å². The molecule has 4 rings (SSSR count). The molecule has 0 radical (unpaired) electrons. The summed E-state index contributed by atoms with van der Waals surface area (Å²) in [6.07, 6.45) is 3.81. The minimum Gasteiger partial charge on any atom is -0.379 e. The highest BCUT2D eigenvalue weighted by Gasteiger charge is 2.13. The van der Waals surface area contributed by atoms with Gasteiger partial charge >= 0.3 is 0 Å². The van der Waals surface area contributed by atoms with Crippen LogP contribution in [0.1, 0.15) is 18.9 Å². The Kier molecular flexibility index (Phi) is 5.97. The van der Waals surface area contributed by atoms with Crippen molar-refractivity contribution in [2.45, 2.75) is 19.8 Å². The number of hydrogen-bond donors (Lipinski definition) is 1. The molecule has 1 N–H and O–H groups in total. The smallest absolute Gasteiger partial charge is 0.138 e. The molecule has 3 aromatic rings. The van der Waals surface area contributed by atoms with Gasteiger partial charge in [0.15, 0.2) is 0 Å². The lowest BCUT2D eigenvalue weighted by atomic mass is 10.0. The van der Waals surface area contributed by atoms with Crippen molar-refractivity contribution in [3.05, 3.63) is 41.5 Å². The molecule has 0 unspecified atom stereocenters. The first-order valence-electron chi connectivity index (χ1n) is 9.70. The number of nitrogens with zero attached hydrogens (tertiary/aromatic N) is 3. The van der Waals surface area contributed by atoms with Crippen molar-refractivity contribution in [3.8, 4) is 11.1 Å². The van der Waals surface area contributed by atoms with E-state index in [0.29, 0.717) is 0 Å². The van der Waals surface area contributed by atoms with Crippen molar-refractivity contribution in [2.24, 2.45) is 0 Å². The highest BCUT2D eigenvalue weighted by Crippen LogP contribution is 2.36. The number of morpholine rings is 1. The molecule has 1 aliphatic rings. The molecule has 0 aliphatic carbocycles. The third-order valence-electron chi connectivity index (χ3n) is 5.09. The molecule has 0 spiro atoms. The molecule has 0 bridgehead atoms. The number of aromatic nitrogens is 2. The van der Waals surface area contributed by atoms with Crippen molar-refractivity contribution in [1.29, 1.82) is 0 Å². The fourth-order valence-electron chi connectivity index (χ4n) is 3.48. The van der Waals surface area contributed by atoms with Crippen LogP contribution in [-0.4, -0.2) is 54.3 Å². The second kappa shape index (κ2) is 8.78. The van der Waals surface area contributed by atoms with E-state index in [1.54, 1.807) is 17.7 Å². The summed E-state index contributed by atoms with van der Waals surface area (Å²) in [4.78, 5) is 12.5. The first-order valence-corrected chi connectivity index (χ1v) is 10.6. The van der Waals surface area contributed by atoms with E-state index in [2.05, 4.69) is 56.8 Å². The second-order valence-corrected chi connectivity index (χ2v) is 7.69. The van der Waals surface area contributed by atoms with Gasteiger partial charge in [-0.05, 0) is 30.5 Å². The van der Waals surface area contributed by atoms with Crippen LogP contribution < -0.4 is 5.32 Å². The zero-order valence-electron chi connectivity index (χ0n) is 15.8. The molecule has 27 heavy (non-hydrogen) atoms. The Hall–Kier alpha value is -2.02. The third kappa shape index (κ3) is 4.29. The Labute approximate surface area is 164 Å². The van der Waals surface area contributed by atoms with Gasteiger partial charge in [-0.3, -0.25) is 4.90 Å². The molecular formula is C21H26N4OS. The topological polar surface area (TPSA) is 50.3 Å². The predicted octanol–water partition coefficient (Wildman–Crippen LogP) is 4.05.